The minimum absolute atomic E-state index is 0.00944. The molecule has 0 saturated carbocycles. The highest BCUT2D eigenvalue weighted by Gasteiger charge is 2.35. The average Bonchev–Trinajstić information content (AvgIpc) is 2.53. The fourth-order valence-corrected chi connectivity index (χ4v) is 3.37. The molecule has 1 aromatic carbocycles. The molecule has 1 aliphatic rings. The number of nitrogens with zero attached hydrogens (tertiary/aromatic N) is 2. The first-order valence-corrected chi connectivity index (χ1v) is 6.64. The van der Waals surface area contributed by atoms with E-state index in [0.29, 0.717) is 0 Å². The van der Waals surface area contributed by atoms with Crippen molar-refractivity contribution in [1.82, 2.24) is 4.31 Å². The second-order valence-corrected chi connectivity index (χ2v) is 6.29. The lowest BCUT2D eigenvalue weighted by atomic mass is 10.1. The molecule has 1 aromatic rings. The summed E-state index contributed by atoms with van der Waals surface area (Å²) in [6.45, 7) is 1.93. The van der Waals surface area contributed by atoms with E-state index < -0.39 is 10.2 Å². The van der Waals surface area contributed by atoms with E-state index in [1.165, 1.54) is 8.61 Å². The van der Waals surface area contributed by atoms with Crippen molar-refractivity contribution in [2.45, 2.75) is 19.4 Å². The molecular formula is C11H16N2O2S. The zero-order valence-electron chi connectivity index (χ0n) is 9.71. The summed E-state index contributed by atoms with van der Waals surface area (Å²) in [6, 6.07) is 7.65. The third-order valence-corrected chi connectivity index (χ3v) is 4.83. The molecule has 0 saturated heterocycles. The first kappa shape index (κ1) is 11.4. The molecule has 0 unspecified atom stereocenters. The normalized spacial score (nSPS) is 20.2. The summed E-state index contributed by atoms with van der Waals surface area (Å²) in [7, 11) is -0.256. The van der Waals surface area contributed by atoms with Gasteiger partial charge < -0.3 is 0 Å². The molecule has 2 rings (SSSR count). The van der Waals surface area contributed by atoms with Gasteiger partial charge in [0.2, 0.25) is 0 Å². The minimum Gasteiger partial charge on any atom is -0.254 e. The molecule has 0 radical (unpaired) electrons. The summed E-state index contributed by atoms with van der Waals surface area (Å²) in [4.78, 5) is 0. The Balaban J connectivity index is 2.52. The molecule has 0 aliphatic carbocycles. The SMILES string of the molecule is C[C@H]1Cc2ccccc2N1S(=O)(=O)N(C)C. The molecule has 88 valence electrons. The highest BCUT2D eigenvalue weighted by atomic mass is 32.2. The van der Waals surface area contributed by atoms with Crippen molar-refractivity contribution >= 4 is 15.9 Å². The van der Waals surface area contributed by atoms with Crippen LogP contribution in [0.2, 0.25) is 0 Å². The van der Waals surface area contributed by atoms with Gasteiger partial charge in [-0.2, -0.15) is 12.7 Å². The van der Waals surface area contributed by atoms with Crippen molar-refractivity contribution in [3.05, 3.63) is 29.8 Å². The number of para-hydroxylation sites is 1. The second-order valence-electron chi connectivity index (χ2n) is 4.27. The predicted octanol–water partition coefficient (Wildman–Crippen LogP) is 1.24. The van der Waals surface area contributed by atoms with Crippen molar-refractivity contribution in [1.29, 1.82) is 0 Å². The Kier molecular flexibility index (Phi) is 2.67. The Morgan fingerprint density at radius 3 is 2.56 bits per heavy atom. The summed E-state index contributed by atoms with van der Waals surface area (Å²) in [6.07, 6.45) is 0.781. The molecule has 5 heteroatoms. The first-order chi connectivity index (χ1) is 7.44. The quantitative estimate of drug-likeness (QED) is 0.780. The van der Waals surface area contributed by atoms with Crippen LogP contribution in [0.15, 0.2) is 24.3 Å². The lowest BCUT2D eigenvalue weighted by Gasteiger charge is -2.27. The lowest BCUT2D eigenvalue weighted by molar-refractivity contribution is 0.510. The van der Waals surface area contributed by atoms with Crippen LogP contribution in [0.5, 0.6) is 0 Å². The third-order valence-electron chi connectivity index (χ3n) is 2.85. The zero-order valence-corrected chi connectivity index (χ0v) is 10.5. The van der Waals surface area contributed by atoms with Gasteiger partial charge in [0.05, 0.1) is 5.69 Å². The number of anilines is 1. The molecule has 1 atom stereocenters. The number of fused-ring (bicyclic) bond motifs is 1. The van der Waals surface area contributed by atoms with Crippen LogP contribution >= 0.6 is 0 Å². The van der Waals surface area contributed by atoms with Gasteiger partial charge >= 0.3 is 10.2 Å². The molecule has 0 fully saturated rings. The maximum atomic E-state index is 12.2. The topological polar surface area (TPSA) is 40.6 Å². The van der Waals surface area contributed by atoms with Crippen molar-refractivity contribution < 1.29 is 8.42 Å². The number of hydrogen-bond donors (Lipinski definition) is 0. The van der Waals surface area contributed by atoms with E-state index in [4.69, 9.17) is 0 Å². The van der Waals surface area contributed by atoms with Gasteiger partial charge in [0.15, 0.2) is 0 Å². The molecular weight excluding hydrogens is 224 g/mol. The van der Waals surface area contributed by atoms with Gasteiger partial charge in [-0.05, 0) is 25.0 Å². The molecule has 16 heavy (non-hydrogen) atoms. The second kappa shape index (κ2) is 3.75. The van der Waals surface area contributed by atoms with Crippen LogP contribution in [-0.4, -0.2) is 32.9 Å². The molecule has 0 spiro atoms. The van der Waals surface area contributed by atoms with Crippen LogP contribution in [0.25, 0.3) is 0 Å². The Morgan fingerprint density at radius 1 is 1.31 bits per heavy atom. The number of rotatable bonds is 2. The third kappa shape index (κ3) is 1.60. The van der Waals surface area contributed by atoms with Crippen molar-refractivity contribution in [3.63, 3.8) is 0 Å². The monoisotopic (exact) mass is 240 g/mol. The van der Waals surface area contributed by atoms with E-state index in [1.807, 2.05) is 31.2 Å². The van der Waals surface area contributed by atoms with Gasteiger partial charge in [-0.25, -0.2) is 0 Å². The maximum absolute atomic E-state index is 12.2. The highest BCUT2D eigenvalue weighted by Crippen LogP contribution is 2.34. The molecule has 0 aromatic heterocycles. The van der Waals surface area contributed by atoms with Gasteiger partial charge in [0.25, 0.3) is 0 Å². The molecule has 1 heterocycles. The molecule has 0 amide bonds. The standard InChI is InChI=1S/C11H16N2O2S/c1-9-8-10-6-4-5-7-11(10)13(9)16(14,15)12(2)3/h4-7,9H,8H2,1-3H3/t9-/m0/s1. The van der Waals surface area contributed by atoms with Gasteiger partial charge in [-0.3, -0.25) is 4.31 Å². The van der Waals surface area contributed by atoms with Gasteiger partial charge in [0, 0.05) is 20.1 Å². The average molecular weight is 240 g/mol. The Morgan fingerprint density at radius 2 is 1.94 bits per heavy atom. The van der Waals surface area contributed by atoms with Gasteiger partial charge in [0.1, 0.15) is 0 Å². The van der Waals surface area contributed by atoms with Crippen molar-refractivity contribution in [2.24, 2.45) is 0 Å². The molecule has 0 N–H and O–H groups in total. The molecule has 4 nitrogen and oxygen atoms in total. The summed E-state index contributed by atoms with van der Waals surface area (Å²) < 4.78 is 27.1. The fraction of sp³-hybridized carbons (Fsp3) is 0.455. The Labute approximate surface area is 96.7 Å². The molecule has 0 bridgehead atoms. The van der Waals surface area contributed by atoms with E-state index in [2.05, 4.69) is 0 Å². The molecule has 1 aliphatic heterocycles. The Bertz CT molecular complexity index is 496. The van der Waals surface area contributed by atoms with Crippen molar-refractivity contribution in [3.8, 4) is 0 Å². The largest absolute Gasteiger partial charge is 0.303 e. The fourth-order valence-electron chi connectivity index (χ4n) is 2.06. The van der Waals surface area contributed by atoms with E-state index >= 15 is 0 Å². The smallest absolute Gasteiger partial charge is 0.254 e. The Hall–Kier alpha value is -1.07. The van der Waals surface area contributed by atoms with Crippen LogP contribution in [0.4, 0.5) is 5.69 Å². The number of hydrogen-bond acceptors (Lipinski definition) is 2. The van der Waals surface area contributed by atoms with Gasteiger partial charge in [-0.1, -0.05) is 18.2 Å². The first-order valence-electron chi connectivity index (χ1n) is 5.24. The van der Waals surface area contributed by atoms with Crippen LogP contribution in [-0.2, 0) is 16.6 Å². The van der Waals surface area contributed by atoms with E-state index in [9.17, 15) is 8.42 Å². The van der Waals surface area contributed by atoms with Gasteiger partial charge in [-0.15, -0.1) is 0 Å². The lowest BCUT2D eigenvalue weighted by Crippen LogP contribution is -2.43. The van der Waals surface area contributed by atoms with E-state index in [0.717, 1.165) is 17.7 Å². The summed E-state index contributed by atoms with van der Waals surface area (Å²) in [5.74, 6) is 0. The van der Waals surface area contributed by atoms with E-state index in [1.54, 1.807) is 14.1 Å². The summed E-state index contributed by atoms with van der Waals surface area (Å²) in [5, 5.41) is 0. The highest BCUT2D eigenvalue weighted by molar-refractivity contribution is 7.90. The van der Waals surface area contributed by atoms with Crippen LogP contribution in [0.1, 0.15) is 12.5 Å². The summed E-state index contributed by atoms with van der Waals surface area (Å²) in [5.41, 5.74) is 1.91. The zero-order chi connectivity index (χ0) is 11.9. The van der Waals surface area contributed by atoms with E-state index in [-0.39, 0.29) is 6.04 Å². The number of benzene rings is 1. The summed E-state index contributed by atoms with van der Waals surface area (Å²) >= 11 is 0. The van der Waals surface area contributed by atoms with Crippen LogP contribution in [0.3, 0.4) is 0 Å². The predicted molar refractivity (Wildman–Crippen MR) is 64.7 cm³/mol. The minimum atomic E-state index is -3.37. The maximum Gasteiger partial charge on any atom is 0.303 e. The van der Waals surface area contributed by atoms with Crippen molar-refractivity contribution in [2.75, 3.05) is 18.4 Å². The van der Waals surface area contributed by atoms with Crippen LogP contribution < -0.4 is 4.31 Å². The van der Waals surface area contributed by atoms with Crippen LogP contribution in [0, 0.1) is 0 Å².